The Bertz CT molecular complexity index is 344. The lowest BCUT2D eigenvalue weighted by Crippen LogP contribution is -2.33. The molecule has 2 rings (SSSR count). The van der Waals surface area contributed by atoms with Gasteiger partial charge in [0.2, 0.25) is 5.91 Å². The summed E-state index contributed by atoms with van der Waals surface area (Å²) < 4.78 is 5.29. The van der Waals surface area contributed by atoms with Crippen LogP contribution in [0.1, 0.15) is 18.4 Å². The van der Waals surface area contributed by atoms with Gasteiger partial charge in [-0.25, -0.2) is 0 Å². The van der Waals surface area contributed by atoms with Gasteiger partial charge in [0.15, 0.2) is 0 Å². The smallest absolute Gasteiger partial charge is 0.224 e. The van der Waals surface area contributed by atoms with Gasteiger partial charge in [-0.05, 0) is 24.3 Å². The molecule has 1 fully saturated rings. The van der Waals surface area contributed by atoms with Crippen molar-refractivity contribution in [1.82, 2.24) is 5.32 Å². The first-order valence-corrected chi connectivity index (χ1v) is 6.23. The molecule has 17 heavy (non-hydrogen) atoms. The molecular weight excluding hydrogens is 214 g/mol. The molecular formula is C14H19NO2. The van der Waals surface area contributed by atoms with E-state index in [1.165, 1.54) is 0 Å². The number of carbonyl (C=O) groups excluding carboxylic acids is 1. The van der Waals surface area contributed by atoms with Gasteiger partial charge in [0, 0.05) is 19.8 Å². The van der Waals surface area contributed by atoms with Crippen LogP contribution in [0.5, 0.6) is 0 Å². The van der Waals surface area contributed by atoms with Crippen molar-refractivity contribution in [3.05, 3.63) is 35.9 Å². The molecule has 92 valence electrons. The fraction of sp³-hybridized carbons (Fsp3) is 0.500. The molecule has 0 radical (unpaired) electrons. The molecule has 0 spiro atoms. The van der Waals surface area contributed by atoms with Crippen molar-refractivity contribution in [2.45, 2.75) is 19.3 Å². The van der Waals surface area contributed by atoms with E-state index in [1.807, 2.05) is 30.3 Å². The Morgan fingerprint density at radius 2 is 1.94 bits per heavy atom. The fourth-order valence-corrected chi connectivity index (χ4v) is 2.05. The van der Waals surface area contributed by atoms with Crippen LogP contribution in [0.4, 0.5) is 0 Å². The van der Waals surface area contributed by atoms with Gasteiger partial charge in [-0.2, -0.15) is 0 Å². The first kappa shape index (κ1) is 12.1. The average molecular weight is 233 g/mol. The molecule has 1 aromatic rings. The van der Waals surface area contributed by atoms with Crippen molar-refractivity contribution in [2.24, 2.45) is 5.92 Å². The zero-order chi connectivity index (χ0) is 11.9. The highest BCUT2D eigenvalue weighted by molar-refractivity contribution is 5.78. The van der Waals surface area contributed by atoms with E-state index in [0.717, 1.165) is 38.2 Å². The molecule has 1 heterocycles. The molecule has 0 atom stereocenters. The predicted octanol–water partition coefficient (Wildman–Crippen LogP) is 1.77. The summed E-state index contributed by atoms with van der Waals surface area (Å²) >= 11 is 0. The fourth-order valence-electron chi connectivity index (χ4n) is 2.05. The molecule has 0 aromatic heterocycles. The number of hydrogen-bond acceptors (Lipinski definition) is 2. The maximum atomic E-state index is 11.7. The summed E-state index contributed by atoms with van der Waals surface area (Å²) in [7, 11) is 0. The second kappa shape index (κ2) is 6.40. The number of amides is 1. The van der Waals surface area contributed by atoms with E-state index >= 15 is 0 Å². The Morgan fingerprint density at radius 3 is 2.65 bits per heavy atom. The van der Waals surface area contributed by atoms with Gasteiger partial charge in [-0.1, -0.05) is 30.3 Å². The Morgan fingerprint density at radius 1 is 1.24 bits per heavy atom. The van der Waals surface area contributed by atoms with E-state index in [-0.39, 0.29) is 5.91 Å². The van der Waals surface area contributed by atoms with E-state index in [2.05, 4.69) is 5.32 Å². The van der Waals surface area contributed by atoms with Gasteiger partial charge in [-0.15, -0.1) is 0 Å². The standard InChI is InChI=1S/C14H19NO2/c16-14(10-12-4-2-1-3-5-12)15-11-13-6-8-17-9-7-13/h1-5,13H,6-11H2,(H,15,16). The third kappa shape index (κ3) is 4.19. The minimum Gasteiger partial charge on any atom is -0.381 e. The molecule has 1 N–H and O–H groups in total. The summed E-state index contributed by atoms with van der Waals surface area (Å²) in [5, 5.41) is 3.01. The highest BCUT2D eigenvalue weighted by Crippen LogP contribution is 2.13. The molecule has 0 bridgehead atoms. The van der Waals surface area contributed by atoms with Gasteiger partial charge in [0.25, 0.3) is 0 Å². The molecule has 1 saturated heterocycles. The first-order chi connectivity index (χ1) is 8.34. The van der Waals surface area contributed by atoms with Crippen LogP contribution in [0.3, 0.4) is 0 Å². The monoisotopic (exact) mass is 233 g/mol. The summed E-state index contributed by atoms with van der Waals surface area (Å²) in [5.41, 5.74) is 1.07. The average Bonchev–Trinajstić information content (AvgIpc) is 2.39. The van der Waals surface area contributed by atoms with Crippen LogP contribution in [0.15, 0.2) is 30.3 Å². The lowest BCUT2D eigenvalue weighted by atomic mass is 10.0. The summed E-state index contributed by atoms with van der Waals surface area (Å²) in [5.74, 6) is 0.700. The van der Waals surface area contributed by atoms with Gasteiger partial charge in [0.1, 0.15) is 0 Å². The highest BCUT2D eigenvalue weighted by Gasteiger charge is 2.14. The lowest BCUT2D eigenvalue weighted by molar-refractivity contribution is -0.120. The summed E-state index contributed by atoms with van der Waals surface area (Å²) in [4.78, 5) is 11.7. The second-order valence-corrected chi connectivity index (χ2v) is 4.52. The third-order valence-electron chi connectivity index (χ3n) is 3.14. The van der Waals surface area contributed by atoms with Crippen molar-refractivity contribution < 1.29 is 9.53 Å². The minimum atomic E-state index is 0.114. The van der Waals surface area contributed by atoms with E-state index in [9.17, 15) is 4.79 Å². The molecule has 1 aromatic carbocycles. The van der Waals surface area contributed by atoms with E-state index in [0.29, 0.717) is 12.3 Å². The van der Waals surface area contributed by atoms with E-state index < -0.39 is 0 Å². The molecule has 3 heteroatoms. The van der Waals surface area contributed by atoms with Crippen molar-refractivity contribution in [1.29, 1.82) is 0 Å². The number of rotatable bonds is 4. The maximum absolute atomic E-state index is 11.7. The Labute approximate surface area is 102 Å². The minimum absolute atomic E-state index is 0.114. The van der Waals surface area contributed by atoms with Crippen molar-refractivity contribution in [3.63, 3.8) is 0 Å². The Hall–Kier alpha value is -1.35. The lowest BCUT2D eigenvalue weighted by Gasteiger charge is -2.22. The van der Waals surface area contributed by atoms with Gasteiger partial charge >= 0.3 is 0 Å². The van der Waals surface area contributed by atoms with Crippen molar-refractivity contribution >= 4 is 5.91 Å². The molecule has 1 aliphatic heterocycles. The van der Waals surface area contributed by atoms with Crippen LogP contribution in [0.2, 0.25) is 0 Å². The number of benzene rings is 1. The van der Waals surface area contributed by atoms with Gasteiger partial charge in [0.05, 0.1) is 6.42 Å². The van der Waals surface area contributed by atoms with Crippen molar-refractivity contribution in [2.75, 3.05) is 19.8 Å². The SMILES string of the molecule is O=C(Cc1ccccc1)NCC1CCOCC1. The van der Waals surface area contributed by atoms with Crippen molar-refractivity contribution in [3.8, 4) is 0 Å². The summed E-state index contributed by atoms with van der Waals surface area (Å²) in [6.45, 7) is 2.45. The molecule has 3 nitrogen and oxygen atoms in total. The zero-order valence-corrected chi connectivity index (χ0v) is 10.0. The normalized spacial score (nSPS) is 16.7. The quantitative estimate of drug-likeness (QED) is 0.860. The second-order valence-electron chi connectivity index (χ2n) is 4.52. The highest BCUT2D eigenvalue weighted by atomic mass is 16.5. The topological polar surface area (TPSA) is 38.3 Å². The Kier molecular flexibility index (Phi) is 4.56. The zero-order valence-electron chi connectivity index (χ0n) is 10.0. The van der Waals surface area contributed by atoms with Crippen LogP contribution >= 0.6 is 0 Å². The van der Waals surface area contributed by atoms with E-state index in [1.54, 1.807) is 0 Å². The molecule has 1 aliphatic rings. The largest absolute Gasteiger partial charge is 0.381 e. The third-order valence-corrected chi connectivity index (χ3v) is 3.14. The van der Waals surface area contributed by atoms with Crippen LogP contribution in [0, 0.1) is 5.92 Å². The molecule has 1 amide bonds. The van der Waals surface area contributed by atoms with E-state index in [4.69, 9.17) is 4.74 Å². The van der Waals surface area contributed by atoms with Crippen LogP contribution in [-0.4, -0.2) is 25.7 Å². The number of hydrogen-bond donors (Lipinski definition) is 1. The Balaban J connectivity index is 1.70. The van der Waals surface area contributed by atoms with Crippen LogP contribution in [-0.2, 0) is 16.0 Å². The first-order valence-electron chi connectivity index (χ1n) is 6.23. The molecule has 0 unspecified atom stereocenters. The maximum Gasteiger partial charge on any atom is 0.224 e. The molecule has 0 saturated carbocycles. The summed E-state index contributed by atoms with van der Waals surface area (Å²) in [6, 6.07) is 9.84. The van der Waals surface area contributed by atoms with Crippen LogP contribution < -0.4 is 5.32 Å². The predicted molar refractivity (Wildman–Crippen MR) is 66.7 cm³/mol. The number of nitrogens with one attached hydrogen (secondary N) is 1. The van der Waals surface area contributed by atoms with Gasteiger partial charge < -0.3 is 10.1 Å². The summed E-state index contributed by atoms with van der Waals surface area (Å²) in [6.07, 6.45) is 2.60. The van der Waals surface area contributed by atoms with Crippen LogP contribution in [0.25, 0.3) is 0 Å². The van der Waals surface area contributed by atoms with Gasteiger partial charge in [-0.3, -0.25) is 4.79 Å². The molecule has 0 aliphatic carbocycles. The number of ether oxygens (including phenoxy) is 1. The number of carbonyl (C=O) groups is 1.